The van der Waals surface area contributed by atoms with Crippen molar-refractivity contribution in [1.29, 1.82) is 0 Å². The molecule has 2 aromatic rings. The summed E-state index contributed by atoms with van der Waals surface area (Å²) in [5.74, 6) is -1.19. The van der Waals surface area contributed by atoms with Crippen LogP contribution in [0.1, 0.15) is 29.0 Å². The fourth-order valence-electron chi connectivity index (χ4n) is 2.71. The van der Waals surface area contributed by atoms with E-state index in [9.17, 15) is 13.6 Å². The smallest absolute Gasteiger partial charge is 0.259 e. The Morgan fingerprint density at radius 2 is 1.88 bits per heavy atom. The molecule has 5 nitrogen and oxygen atoms in total. The fourth-order valence-corrected chi connectivity index (χ4v) is 2.71. The van der Waals surface area contributed by atoms with Crippen LogP contribution in [0.2, 0.25) is 0 Å². The van der Waals surface area contributed by atoms with Gasteiger partial charge in [0.1, 0.15) is 29.1 Å². The number of rotatable bonds is 3. The highest BCUT2D eigenvalue weighted by Gasteiger charge is 2.28. The maximum absolute atomic E-state index is 13.7. The first kappa shape index (κ1) is 16.3. The van der Waals surface area contributed by atoms with E-state index >= 15 is 0 Å². The van der Waals surface area contributed by atoms with E-state index in [2.05, 4.69) is 9.97 Å². The zero-order valence-corrected chi connectivity index (χ0v) is 13.2. The maximum Gasteiger partial charge on any atom is 0.259 e. The molecular formula is C17H17F2N3O2. The lowest BCUT2D eigenvalue weighted by Crippen LogP contribution is -2.42. The molecule has 1 fully saturated rings. The standard InChI is InChI=1S/C17H17F2N3O2/c1-11-20-8-5-15(21-11)24-12-6-9-22(10-7-12)17(23)16-13(18)3-2-4-14(16)19/h2-5,8,12H,6-7,9-10H2,1H3. The second kappa shape index (κ2) is 6.90. The van der Waals surface area contributed by atoms with Gasteiger partial charge in [0.25, 0.3) is 5.91 Å². The minimum atomic E-state index is -0.838. The first-order valence-corrected chi connectivity index (χ1v) is 7.74. The summed E-state index contributed by atoms with van der Waals surface area (Å²) in [6.45, 7) is 2.53. The number of carbonyl (C=O) groups excluding carboxylic acids is 1. The van der Waals surface area contributed by atoms with E-state index in [-0.39, 0.29) is 6.10 Å². The molecule has 0 aliphatic carbocycles. The van der Waals surface area contributed by atoms with Crippen LogP contribution in [0, 0.1) is 18.6 Å². The number of ether oxygens (including phenoxy) is 1. The predicted octanol–water partition coefficient (Wildman–Crippen LogP) is 2.75. The lowest BCUT2D eigenvalue weighted by Gasteiger charge is -2.32. The van der Waals surface area contributed by atoms with Gasteiger partial charge in [0, 0.05) is 38.2 Å². The van der Waals surface area contributed by atoms with Crippen molar-refractivity contribution in [3.63, 3.8) is 0 Å². The average Bonchev–Trinajstić information content (AvgIpc) is 2.55. The summed E-state index contributed by atoms with van der Waals surface area (Å²) in [7, 11) is 0. The van der Waals surface area contributed by atoms with Crippen LogP contribution in [0.3, 0.4) is 0 Å². The second-order valence-corrected chi connectivity index (χ2v) is 5.65. The zero-order valence-electron chi connectivity index (χ0n) is 13.2. The molecule has 126 valence electrons. The van der Waals surface area contributed by atoms with Gasteiger partial charge in [0.15, 0.2) is 0 Å². The number of likely N-dealkylation sites (tertiary alicyclic amines) is 1. The van der Waals surface area contributed by atoms with Gasteiger partial charge < -0.3 is 9.64 Å². The molecule has 1 aliphatic rings. The minimum Gasteiger partial charge on any atom is -0.474 e. The first-order valence-electron chi connectivity index (χ1n) is 7.74. The molecule has 0 spiro atoms. The summed E-state index contributed by atoms with van der Waals surface area (Å²) in [6, 6.07) is 5.09. The molecule has 24 heavy (non-hydrogen) atoms. The number of hydrogen-bond acceptors (Lipinski definition) is 4. The highest BCUT2D eigenvalue weighted by Crippen LogP contribution is 2.21. The van der Waals surface area contributed by atoms with Crippen molar-refractivity contribution >= 4 is 5.91 Å². The number of aromatic nitrogens is 2. The van der Waals surface area contributed by atoms with Crippen LogP contribution < -0.4 is 4.74 Å². The van der Waals surface area contributed by atoms with Crippen molar-refractivity contribution < 1.29 is 18.3 Å². The molecule has 1 aromatic carbocycles. The van der Waals surface area contributed by atoms with E-state index in [1.807, 2.05) is 0 Å². The lowest BCUT2D eigenvalue weighted by atomic mass is 10.1. The number of nitrogens with zero attached hydrogens (tertiary/aromatic N) is 3. The van der Waals surface area contributed by atoms with Crippen LogP contribution in [0.15, 0.2) is 30.5 Å². The Labute approximate surface area is 138 Å². The molecule has 0 N–H and O–H groups in total. The summed E-state index contributed by atoms with van der Waals surface area (Å²) >= 11 is 0. The molecular weight excluding hydrogens is 316 g/mol. The van der Waals surface area contributed by atoms with Crippen molar-refractivity contribution in [2.75, 3.05) is 13.1 Å². The predicted molar refractivity (Wildman–Crippen MR) is 82.7 cm³/mol. The van der Waals surface area contributed by atoms with Crippen molar-refractivity contribution in [2.45, 2.75) is 25.9 Å². The SMILES string of the molecule is Cc1nccc(OC2CCN(C(=O)c3c(F)cccc3F)CC2)n1. The van der Waals surface area contributed by atoms with Crippen molar-refractivity contribution in [2.24, 2.45) is 0 Å². The Kier molecular flexibility index (Phi) is 4.69. The molecule has 0 saturated carbocycles. The van der Waals surface area contributed by atoms with Crippen LogP contribution in [0.4, 0.5) is 8.78 Å². The number of hydrogen-bond donors (Lipinski definition) is 0. The largest absolute Gasteiger partial charge is 0.474 e. The van der Waals surface area contributed by atoms with Gasteiger partial charge in [0.2, 0.25) is 5.88 Å². The topological polar surface area (TPSA) is 55.3 Å². The molecule has 0 bridgehead atoms. The molecule has 7 heteroatoms. The van der Waals surface area contributed by atoms with E-state index < -0.39 is 23.1 Å². The Hall–Kier alpha value is -2.57. The van der Waals surface area contributed by atoms with Gasteiger partial charge in [-0.05, 0) is 19.1 Å². The molecule has 1 aliphatic heterocycles. The third kappa shape index (κ3) is 3.50. The van der Waals surface area contributed by atoms with Crippen LogP contribution >= 0.6 is 0 Å². The quantitative estimate of drug-likeness (QED) is 0.867. The first-order chi connectivity index (χ1) is 11.5. The lowest BCUT2D eigenvalue weighted by molar-refractivity contribution is 0.0579. The Morgan fingerprint density at radius 1 is 1.21 bits per heavy atom. The maximum atomic E-state index is 13.7. The highest BCUT2D eigenvalue weighted by molar-refractivity contribution is 5.94. The number of halogens is 2. The number of aryl methyl sites for hydroxylation is 1. The molecule has 0 unspecified atom stereocenters. The van der Waals surface area contributed by atoms with Crippen LogP contribution in [0.25, 0.3) is 0 Å². The highest BCUT2D eigenvalue weighted by atomic mass is 19.1. The van der Waals surface area contributed by atoms with E-state index in [0.29, 0.717) is 37.6 Å². The second-order valence-electron chi connectivity index (χ2n) is 5.65. The zero-order chi connectivity index (χ0) is 17.1. The van der Waals surface area contributed by atoms with Gasteiger partial charge in [-0.3, -0.25) is 4.79 Å². The van der Waals surface area contributed by atoms with Crippen LogP contribution in [-0.2, 0) is 0 Å². The van der Waals surface area contributed by atoms with Crippen LogP contribution in [0.5, 0.6) is 5.88 Å². The van der Waals surface area contributed by atoms with Gasteiger partial charge in [-0.25, -0.2) is 13.8 Å². The number of carbonyl (C=O) groups is 1. The minimum absolute atomic E-state index is 0.0891. The van der Waals surface area contributed by atoms with Gasteiger partial charge in [-0.15, -0.1) is 0 Å². The molecule has 2 heterocycles. The molecule has 1 aromatic heterocycles. The fraction of sp³-hybridized carbons (Fsp3) is 0.353. The third-order valence-corrected chi connectivity index (χ3v) is 3.94. The van der Waals surface area contributed by atoms with E-state index in [0.717, 1.165) is 12.1 Å². The Balaban J connectivity index is 1.62. The van der Waals surface area contributed by atoms with Crippen LogP contribution in [-0.4, -0.2) is 40.0 Å². The average molecular weight is 333 g/mol. The van der Waals surface area contributed by atoms with Crippen molar-refractivity contribution in [3.8, 4) is 5.88 Å². The Morgan fingerprint density at radius 3 is 2.50 bits per heavy atom. The molecule has 1 saturated heterocycles. The normalized spacial score (nSPS) is 15.4. The van der Waals surface area contributed by atoms with Gasteiger partial charge >= 0.3 is 0 Å². The van der Waals surface area contributed by atoms with Gasteiger partial charge in [-0.1, -0.05) is 6.07 Å². The van der Waals surface area contributed by atoms with E-state index in [4.69, 9.17) is 4.74 Å². The molecule has 1 amide bonds. The number of benzene rings is 1. The summed E-state index contributed by atoms with van der Waals surface area (Å²) in [5.41, 5.74) is -0.497. The van der Waals surface area contributed by atoms with Gasteiger partial charge in [0.05, 0.1) is 0 Å². The third-order valence-electron chi connectivity index (χ3n) is 3.94. The van der Waals surface area contributed by atoms with Gasteiger partial charge in [-0.2, -0.15) is 4.98 Å². The summed E-state index contributed by atoms with van der Waals surface area (Å²) in [4.78, 5) is 22.0. The summed E-state index contributed by atoms with van der Waals surface area (Å²) in [5, 5.41) is 0. The summed E-state index contributed by atoms with van der Waals surface area (Å²) in [6.07, 6.45) is 2.68. The monoisotopic (exact) mass is 333 g/mol. The summed E-state index contributed by atoms with van der Waals surface area (Å²) < 4.78 is 33.2. The van der Waals surface area contributed by atoms with Crippen molar-refractivity contribution in [3.05, 3.63) is 53.5 Å². The van der Waals surface area contributed by atoms with Crippen molar-refractivity contribution in [1.82, 2.24) is 14.9 Å². The molecule has 0 atom stereocenters. The molecule has 3 rings (SSSR count). The molecule has 0 radical (unpaired) electrons. The van der Waals surface area contributed by atoms with E-state index in [1.165, 1.54) is 11.0 Å². The number of piperidine rings is 1. The Bertz CT molecular complexity index is 726. The van der Waals surface area contributed by atoms with E-state index in [1.54, 1.807) is 19.2 Å². The number of amides is 1.